The molecule has 0 spiro atoms. The van der Waals surface area contributed by atoms with Gasteiger partial charge < -0.3 is 20.5 Å². The van der Waals surface area contributed by atoms with E-state index in [0.29, 0.717) is 22.0 Å². The van der Waals surface area contributed by atoms with Crippen molar-refractivity contribution in [2.24, 2.45) is 0 Å². The number of aliphatic hydroxyl groups excluding tert-OH is 1. The first-order chi connectivity index (χ1) is 11.0. The maximum Gasteiger partial charge on any atom is 0.313 e. The summed E-state index contributed by atoms with van der Waals surface area (Å²) in [7, 11) is 1.44. The number of nitrogens with one attached hydrogen (secondary N) is 2. The molecule has 2 amide bonds. The summed E-state index contributed by atoms with van der Waals surface area (Å²) in [5, 5.41) is 18.7. The van der Waals surface area contributed by atoms with E-state index in [1.54, 1.807) is 23.6 Å². The Kier molecular flexibility index (Phi) is 5.97. The maximum atomic E-state index is 11.9. The van der Waals surface area contributed by atoms with Crippen LogP contribution in [0.15, 0.2) is 35.0 Å². The Balaban J connectivity index is 1.93. The van der Waals surface area contributed by atoms with Gasteiger partial charge in [0.25, 0.3) is 0 Å². The van der Waals surface area contributed by atoms with E-state index in [-0.39, 0.29) is 6.54 Å². The molecule has 1 heterocycles. The van der Waals surface area contributed by atoms with Gasteiger partial charge in [0, 0.05) is 11.6 Å². The van der Waals surface area contributed by atoms with Crippen molar-refractivity contribution < 1.29 is 19.4 Å². The van der Waals surface area contributed by atoms with Crippen molar-refractivity contribution in [2.75, 3.05) is 19.0 Å². The molecule has 0 aliphatic heterocycles. The first-order valence-corrected chi connectivity index (χ1v) is 7.96. The smallest absolute Gasteiger partial charge is 0.313 e. The number of carbonyl (C=O) groups excluding carboxylic acids is 2. The van der Waals surface area contributed by atoms with Crippen LogP contribution < -0.4 is 15.4 Å². The molecule has 1 aromatic heterocycles. The Morgan fingerprint density at radius 3 is 2.78 bits per heavy atom. The Hall–Kier alpha value is -2.09. The Labute approximate surface area is 142 Å². The summed E-state index contributed by atoms with van der Waals surface area (Å²) in [5.74, 6) is -1.35. The number of ether oxygens (including phenoxy) is 1. The third-order valence-electron chi connectivity index (χ3n) is 3.00. The zero-order chi connectivity index (χ0) is 16.8. The van der Waals surface area contributed by atoms with Gasteiger partial charge in [-0.25, -0.2) is 0 Å². The highest BCUT2D eigenvalue weighted by atomic mass is 35.5. The minimum atomic E-state index is -0.872. The van der Waals surface area contributed by atoms with Crippen LogP contribution in [0.3, 0.4) is 0 Å². The predicted molar refractivity (Wildman–Crippen MR) is 88.9 cm³/mol. The summed E-state index contributed by atoms with van der Waals surface area (Å²) in [5.41, 5.74) is 0.978. The quantitative estimate of drug-likeness (QED) is 0.718. The summed E-state index contributed by atoms with van der Waals surface area (Å²) in [6, 6.07) is 6.41. The molecule has 6 nitrogen and oxygen atoms in total. The van der Waals surface area contributed by atoms with Crippen molar-refractivity contribution in [3.05, 3.63) is 45.6 Å². The molecule has 23 heavy (non-hydrogen) atoms. The molecule has 1 aromatic carbocycles. The highest BCUT2D eigenvalue weighted by molar-refractivity contribution is 7.07. The summed E-state index contributed by atoms with van der Waals surface area (Å²) in [6.07, 6.45) is -0.862. The molecule has 122 valence electrons. The van der Waals surface area contributed by atoms with E-state index in [2.05, 4.69) is 10.6 Å². The van der Waals surface area contributed by atoms with E-state index in [1.165, 1.54) is 24.5 Å². The van der Waals surface area contributed by atoms with Gasteiger partial charge >= 0.3 is 11.8 Å². The second kappa shape index (κ2) is 7.96. The molecule has 0 saturated carbocycles. The van der Waals surface area contributed by atoms with E-state index in [9.17, 15) is 14.7 Å². The molecule has 1 atom stereocenters. The maximum absolute atomic E-state index is 11.9. The molecule has 0 radical (unpaired) electrons. The van der Waals surface area contributed by atoms with Gasteiger partial charge in [0.2, 0.25) is 0 Å². The van der Waals surface area contributed by atoms with Crippen molar-refractivity contribution in [1.82, 2.24) is 5.32 Å². The van der Waals surface area contributed by atoms with Crippen LogP contribution in [0.5, 0.6) is 5.75 Å². The Bertz CT molecular complexity index is 691. The van der Waals surface area contributed by atoms with Gasteiger partial charge in [-0.05, 0) is 40.6 Å². The minimum absolute atomic E-state index is 0.0599. The molecular formula is C15H15ClN2O4S. The zero-order valence-corrected chi connectivity index (χ0v) is 13.8. The third-order valence-corrected chi connectivity index (χ3v) is 3.94. The molecule has 0 unspecified atom stereocenters. The lowest BCUT2D eigenvalue weighted by atomic mass is 10.2. The number of carbonyl (C=O) groups is 2. The van der Waals surface area contributed by atoms with Gasteiger partial charge in [0.05, 0.1) is 18.9 Å². The molecule has 0 aliphatic rings. The summed E-state index contributed by atoms with van der Waals surface area (Å²) in [4.78, 5) is 23.7. The molecule has 2 rings (SSSR count). The number of anilines is 1. The van der Waals surface area contributed by atoms with Crippen molar-refractivity contribution in [3.8, 4) is 5.75 Å². The predicted octanol–water partition coefficient (Wildman–Crippen LogP) is 2.20. The minimum Gasteiger partial charge on any atom is -0.495 e. The molecule has 0 fully saturated rings. The number of halogens is 1. The van der Waals surface area contributed by atoms with Crippen LogP contribution in [-0.2, 0) is 9.59 Å². The SMILES string of the molecule is COc1ccc(Cl)cc1NC(=O)C(=O)NC[C@@H](O)c1ccsc1. The number of benzene rings is 1. The van der Waals surface area contributed by atoms with E-state index < -0.39 is 17.9 Å². The summed E-state index contributed by atoms with van der Waals surface area (Å²) < 4.78 is 5.08. The van der Waals surface area contributed by atoms with Gasteiger partial charge in [-0.1, -0.05) is 11.6 Å². The lowest BCUT2D eigenvalue weighted by Crippen LogP contribution is -2.37. The van der Waals surface area contributed by atoms with Crippen LogP contribution in [0.4, 0.5) is 5.69 Å². The topological polar surface area (TPSA) is 87.7 Å². The molecule has 0 aliphatic carbocycles. The Morgan fingerprint density at radius 2 is 2.13 bits per heavy atom. The fourth-order valence-electron chi connectivity index (χ4n) is 1.81. The number of thiophene rings is 1. The number of hydrogen-bond acceptors (Lipinski definition) is 5. The molecular weight excluding hydrogens is 340 g/mol. The highest BCUT2D eigenvalue weighted by Crippen LogP contribution is 2.27. The summed E-state index contributed by atoms with van der Waals surface area (Å²) in [6.45, 7) is -0.0599. The van der Waals surface area contributed by atoms with Gasteiger partial charge in [-0.2, -0.15) is 11.3 Å². The molecule has 3 N–H and O–H groups in total. The van der Waals surface area contributed by atoms with Crippen LogP contribution in [0.1, 0.15) is 11.7 Å². The molecule has 0 bridgehead atoms. The zero-order valence-electron chi connectivity index (χ0n) is 12.2. The normalized spacial score (nSPS) is 11.6. The number of aliphatic hydroxyl groups is 1. The van der Waals surface area contributed by atoms with Crippen molar-refractivity contribution in [3.63, 3.8) is 0 Å². The van der Waals surface area contributed by atoms with Crippen LogP contribution in [0.25, 0.3) is 0 Å². The van der Waals surface area contributed by atoms with E-state index >= 15 is 0 Å². The average molecular weight is 355 g/mol. The van der Waals surface area contributed by atoms with E-state index in [1.807, 2.05) is 5.38 Å². The number of hydrogen-bond donors (Lipinski definition) is 3. The second-order valence-corrected chi connectivity index (χ2v) is 5.80. The van der Waals surface area contributed by atoms with Crippen LogP contribution in [0.2, 0.25) is 5.02 Å². The average Bonchev–Trinajstić information content (AvgIpc) is 3.07. The highest BCUT2D eigenvalue weighted by Gasteiger charge is 2.17. The van der Waals surface area contributed by atoms with Gasteiger partial charge in [0.1, 0.15) is 5.75 Å². The van der Waals surface area contributed by atoms with Crippen LogP contribution >= 0.6 is 22.9 Å². The Morgan fingerprint density at radius 1 is 1.35 bits per heavy atom. The molecule has 8 heteroatoms. The van der Waals surface area contributed by atoms with Gasteiger partial charge in [0.15, 0.2) is 0 Å². The largest absolute Gasteiger partial charge is 0.495 e. The molecule has 0 saturated heterocycles. The van der Waals surface area contributed by atoms with Gasteiger partial charge in [-0.15, -0.1) is 0 Å². The van der Waals surface area contributed by atoms with Gasteiger partial charge in [-0.3, -0.25) is 9.59 Å². The first-order valence-electron chi connectivity index (χ1n) is 6.64. The van der Waals surface area contributed by atoms with Crippen LogP contribution in [0, 0.1) is 0 Å². The number of amides is 2. The first kappa shape index (κ1) is 17.3. The van der Waals surface area contributed by atoms with Crippen LogP contribution in [-0.4, -0.2) is 30.6 Å². The van der Waals surface area contributed by atoms with E-state index in [0.717, 1.165) is 0 Å². The molecule has 2 aromatic rings. The second-order valence-electron chi connectivity index (χ2n) is 4.58. The van der Waals surface area contributed by atoms with E-state index in [4.69, 9.17) is 16.3 Å². The van der Waals surface area contributed by atoms with Crippen molar-refractivity contribution >= 4 is 40.4 Å². The third kappa shape index (κ3) is 4.69. The monoisotopic (exact) mass is 354 g/mol. The number of methoxy groups -OCH3 is 1. The lowest BCUT2D eigenvalue weighted by Gasteiger charge is -2.12. The fraction of sp³-hybridized carbons (Fsp3) is 0.200. The standard InChI is InChI=1S/C15H15ClN2O4S/c1-22-13-3-2-10(16)6-11(13)18-15(21)14(20)17-7-12(19)9-4-5-23-8-9/h2-6,8,12,19H,7H2,1H3,(H,17,20)(H,18,21)/t12-/m1/s1. The fourth-order valence-corrected chi connectivity index (χ4v) is 2.69. The van der Waals surface area contributed by atoms with Crippen molar-refractivity contribution in [1.29, 1.82) is 0 Å². The lowest BCUT2D eigenvalue weighted by molar-refractivity contribution is -0.136. The van der Waals surface area contributed by atoms with Crippen molar-refractivity contribution in [2.45, 2.75) is 6.10 Å². The number of rotatable bonds is 5. The summed E-state index contributed by atoms with van der Waals surface area (Å²) >= 11 is 7.29.